The minimum Gasteiger partial charge on any atom is -0.479 e. The van der Waals surface area contributed by atoms with Gasteiger partial charge in [-0.2, -0.15) is 0 Å². The molecule has 0 aromatic heterocycles. The number of nitrogens with one attached hydrogen (secondary N) is 1. The van der Waals surface area contributed by atoms with Crippen LogP contribution in [0.25, 0.3) is 0 Å². The van der Waals surface area contributed by atoms with Gasteiger partial charge in [0.2, 0.25) is 11.8 Å². The zero-order chi connectivity index (χ0) is 27.0. The number of β-lactam (4-membered cyclic amide) rings is 1. The summed E-state index contributed by atoms with van der Waals surface area (Å²) in [5.41, 5.74) is -0.984. The second-order valence-electron chi connectivity index (χ2n) is 9.71. The average Bonchev–Trinajstić information content (AvgIpc) is 3.07. The zero-order valence-corrected chi connectivity index (χ0v) is 24.8. The summed E-state index contributed by atoms with van der Waals surface area (Å²) in [4.78, 5) is 42.5. The van der Waals surface area contributed by atoms with E-state index in [0.717, 1.165) is 31.5 Å². The van der Waals surface area contributed by atoms with E-state index in [1.165, 1.54) is 34.8 Å². The largest absolute Gasteiger partial charge is 0.479 e. The fourth-order valence-corrected chi connectivity index (χ4v) is 9.32. The summed E-state index contributed by atoms with van der Waals surface area (Å²) >= 11 is 26.9. The molecule has 3 aliphatic rings. The lowest BCUT2D eigenvalue weighted by molar-refractivity contribution is -0.172. The van der Waals surface area contributed by atoms with Crippen LogP contribution in [0.2, 0.25) is 0 Å². The Kier molecular flexibility index (Phi) is 8.88. The molecule has 0 saturated carbocycles. The lowest BCUT2D eigenvalue weighted by atomic mass is 9.78. The number of aliphatic carboxylic acids is 1. The molecule has 3 heterocycles. The van der Waals surface area contributed by atoms with Crippen LogP contribution in [0.3, 0.4) is 0 Å². The summed E-state index contributed by atoms with van der Waals surface area (Å²) in [5.74, 6) is -1.77. The molecule has 2 N–H and O–H groups in total. The van der Waals surface area contributed by atoms with E-state index in [0.29, 0.717) is 10.1 Å². The van der Waals surface area contributed by atoms with Gasteiger partial charge in [-0.25, -0.2) is 4.79 Å². The summed E-state index contributed by atoms with van der Waals surface area (Å²) in [6, 6.07) is 8.32. The Hall–Kier alpha value is -0.910. The lowest BCUT2D eigenvalue weighted by Crippen LogP contribution is -2.76. The number of hydrogen-bond donors (Lipinski definition) is 2. The molecule has 13 heteroatoms. The highest BCUT2D eigenvalue weighted by Gasteiger charge is 2.75. The Morgan fingerprint density at radius 3 is 2.46 bits per heavy atom. The van der Waals surface area contributed by atoms with Crippen LogP contribution >= 0.6 is 70.5 Å². The molecular weight excluding hydrogens is 597 g/mol. The van der Waals surface area contributed by atoms with Crippen molar-refractivity contribution in [1.82, 2.24) is 15.1 Å². The van der Waals surface area contributed by atoms with E-state index in [-0.39, 0.29) is 12.3 Å². The van der Waals surface area contributed by atoms with Gasteiger partial charge >= 0.3 is 5.97 Å². The number of fused-ring (bicyclic) bond motifs is 1. The van der Waals surface area contributed by atoms with Crippen molar-refractivity contribution in [2.75, 3.05) is 18.8 Å². The molecule has 4 rings (SSSR count). The van der Waals surface area contributed by atoms with Crippen LogP contribution in [0.5, 0.6) is 0 Å². The number of alkyl halides is 3. The topological polar surface area (TPSA) is 90.0 Å². The van der Waals surface area contributed by atoms with Gasteiger partial charge in [0, 0.05) is 25.3 Å². The fraction of sp³-hybridized carbons (Fsp3) is 0.583. The van der Waals surface area contributed by atoms with Crippen molar-refractivity contribution >= 4 is 92.6 Å². The first kappa shape index (κ1) is 29.1. The van der Waals surface area contributed by atoms with Crippen molar-refractivity contribution in [3.63, 3.8) is 0 Å². The summed E-state index contributed by atoms with van der Waals surface area (Å²) in [6.07, 6.45) is 3.01. The highest BCUT2D eigenvalue weighted by molar-refractivity contribution is 8.23. The number of likely N-dealkylation sites (tertiary alicyclic amines) is 1. The number of piperidine rings is 1. The molecule has 0 aliphatic carbocycles. The van der Waals surface area contributed by atoms with E-state index in [1.54, 1.807) is 6.92 Å². The number of thioether (sulfide) groups is 2. The van der Waals surface area contributed by atoms with Gasteiger partial charge in [-0.1, -0.05) is 89.1 Å². The number of hydrogen-bond acceptors (Lipinski definition) is 6. The predicted molar refractivity (Wildman–Crippen MR) is 154 cm³/mol. The van der Waals surface area contributed by atoms with E-state index in [4.69, 9.17) is 47.0 Å². The fourth-order valence-electron chi connectivity index (χ4n) is 5.24. The summed E-state index contributed by atoms with van der Waals surface area (Å²) in [6.45, 7) is 3.52. The first-order valence-electron chi connectivity index (χ1n) is 11.9. The molecule has 3 aliphatic heterocycles. The smallest absolute Gasteiger partial charge is 0.331 e. The molecule has 2 amide bonds. The maximum Gasteiger partial charge on any atom is 0.331 e. The molecule has 0 bridgehead atoms. The number of nitrogens with zero attached hydrogens (tertiary/aromatic N) is 2. The highest BCUT2D eigenvalue weighted by atomic mass is 35.6. The number of carbonyl (C=O) groups excluding carboxylic acids is 2. The van der Waals surface area contributed by atoms with Gasteiger partial charge < -0.3 is 20.2 Å². The molecule has 1 aromatic rings. The van der Waals surface area contributed by atoms with Crippen molar-refractivity contribution in [3.8, 4) is 0 Å². The number of rotatable bonds is 7. The van der Waals surface area contributed by atoms with Crippen molar-refractivity contribution in [2.45, 2.75) is 64.5 Å². The molecule has 3 saturated heterocycles. The van der Waals surface area contributed by atoms with Crippen LogP contribution in [-0.4, -0.2) is 81.3 Å². The number of halogens is 3. The van der Waals surface area contributed by atoms with E-state index in [9.17, 15) is 19.5 Å². The number of thiocarbonyl (C=S) groups is 1. The molecule has 3 unspecified atom stereocenters. The predicted octanol–water partition coefficient (Wildman–Crippen LogP) is 4.48. The number of benzene rings is 1. The standard InChI is InChI=1S/C24H28Cl3N3O4S3/c1-22(14-36-21(35)29-10-6-3-7-11-29)23(20(33)34,13-24(25,26)27)30-18(32)17(19(30)37-22)28-16(31)12-15-8-4-2-5-9-15/h2,4-5,8-9,17,19H,3,6-7,10-14H2,1H3,(H,28,31)(H,33,34)/t17?,19-,22?,23?/m1/s1. The van der Waals surface area contributed by atoms with Crippen molar-refractivity contribution < 1.29 is 19.5 Å². The molecular formula is C24H28Cl3N3O4S3. The number of carbonyl (C=O) groups is 3. The number of carboxylic acids is 1. The second kappa shape index (κ2) is 11.3. The van der Waals surface area contributed by atoms with Gasteiger partial charge in [0.25, 0.3) is 0 Å². The molecule has 0 radical (unpaired) electrons. The minimum absolute atomic E-state index is 0.109. The monoisotopic (exact) mass is 623 g/mol. The summed E-state index contributed by atoms with van der Waals surface area (Å²) < 4.78 is -2.27. The Labute approximate surface area is 245 Å². The van der Waals surface area contributed by atoms with Gasteiger partial charge in [-0.15, -0.1) is 11.8 Å². The van der Waals surface area contributed by atoms with Crippen LogP contribution in [0.4, 0.5) is 0 Å². The van der Waals surface area contributed by atoms with Crippen molar-refractivity contribution in [1.29, 1.82) is 0 Å². The molecule has 3 fully saturated rings. The quantitative estimate of drug-likeness (QED) is 0.261. The van der Waals surface area contributed by atoms with Gasteiger partial charge in [0.15, 0.2) is 9.33 Å². The minimum atomic E-state index is -1.92. The molecule has 4 atom stereocenters. The van der Waals surface area contributed by atoms with Gasteiger partial charge in [-0.3, -0.25) is 9.59 Å². The van der Waals surface area contributed by atoms with E-state index < -0.39 is 43.8 Å². The maximum absolute atomic E-state index is 13.4. The third-order valence-corrected chi connectivity index (χ3v) is 11.3. The van der Waals surface area contributed by atoms with Gasteiger partial charge in [0.05, 0.1) is 11.2 Å². The Morgan fingerprint density at radius 1 is 1.22 bits per heavy atom. The Morgan fingerprint density at radius 2 is 1.86 bits per heavy atom. The van der Waals surface area contributed by atoms with E-state index in [2.05, 4.69) is 10.2 Å². The lowest BCUT2D eigenvalue weighted by Gasteiger charge is -2.51. The van der Waals surface area contributed by atoms with Crippen molar-refractivity contribution in [3.05, 3.63) is 35.9 Å². The van der Waals surface area contributed by atoms with E-state index >= 15 is 0 Å². The zero-order valence-electron chi connectivity index (χ0n) is 20.1. The number of carboxylic acid groups (broad SMARTS) is 1. The molecule has 37 heavy (non-hydrogen) atoms. The normalized spacial score (nSPS) is 29.5. The molecule has 202 valence electrons. The first-order chi connectivity index (χ1) is 17.4. The Bertz CT molecular complexity index is 1070. The number of amides is 2. The van der Waals surface area contributed by atoms with Gasteiger partial charge in [-0.05, 0) is 31.7 Å². The third-order valence-electron chi connectivity index (χ3n) is 7.13. The van der Waals surface area contributed by atoms with Crippen LogP contribution in [-0.2, 0) is 20.8 Å². The second-order valence-corrected chi connectivity index (χ2v) is 15.5. The highest BCUT2D eigenvalue weighted by Crippen LogP contribution is 2.61. The first-order valence-corrected chi connectivity index (χ1v) is 15.3. The summed E-state index contributed by atoms with van der Waals surface area (Å²) in [7, 11) is 0. The van der Waals surface area contributed by atoms with Gasteiger partial charge in [0.1, 0.15) is 15.7 Å². The van der Waals surface area contributed by atoms with Crippen LogP contribution in [0, 0.1) is 0 Å². The van der Waals surface area contributed by atoms with E-state index in [1.807, 2.05) is 30.3 Å². The average molecular weight is 625 g/mol. The van der Waals surface area contributed by atoms with Crippen LogP contribution < -0.4 is 5.32 Å². The molecule has 1 aromatic carbocycles. The molecule has 7 nitrogen and oxygen atoms in total. The Balaban J connectivity index is 1.56. The maximum atomic E-state index is 13.4. The molecule has 0 spiro atoms. The van der Waals surface area contributed by atoms with Crippen molar-refractivity contribution in [2.24, 2.45) is 0 Å². The SMILES string of the molecule is CC1(CSC(=S)N2CCCCC2)S[C@@H]2C(NC(=O)Cc3ccccc3)C(=O)N2C1(CC(Cl)(Cl)Cl)C(=O)O. The van der Waals surface area contributed by atoms with Crippen LogP contribution in [0.1, 0.15) is 38.2 Å². The third kappa shape index (κ3) is 5.84. The van der Waals surface area contributed by atoms with Crippen LogP contribution in [0.15, 0.2) is 30.3 Å². The summed E-state index contributed by atoms with van der Waals surface area (Å²) in [5, 5.41) is 12.7.